The first-order valence-electron chi connectivity index (χ1n) is 7.28. The van der Waals surface area contributed by atoms with Crippen LogP contribution in [0, 0.1) is 0 Å². The smallest absolute Gasteiger partial charge is 0.220 e. The van der Waals surface area contributed by atoms with Gasteiger partial charge in [0.25, 0.3) is 0 Å². The van der Waals surface area contributed by atoms with Gasteiger partial charge in [-0.1, -0.05) is 26.0 Å². The van der Waals surface area contributed by atoms with E-state index in [0.29, 0.717) is 13.0 Å². The Morgan fingerprint density at radius 3 is 2.71 bits per heavy atom. The maximum absolute atomic E-state index is 11.8. The van der Waals surface area contributed by atoms with Gasteiger partial charge < -0.3 is 15.4 Å². The highest BCUT2D eigenvalue weighted by Crippen LogP contribution is 2.22. The summed E-state index contributed by atoms with van der Waals surface area (Å²) in [5.41, 5.74) is 1.13. The van der Waals surface area contributed by atoms with E-state index in [9.17, 15) is 4.79 Å². The SMILES string of the molecule is CCCNCCNC(=O)CC(C)c1cccc(OC)c1.Cl. The number of halogens is 1. The van der Waals surface area contributed by atoms with Gasteiger partial charge >= 0.3 is 0 Å². The van der Waals surface area contributed by atoms with Crippen molar-refractivity contribution in [1.82, 2.24) is 10.6 Å². The molecule has 0 aliphatic heterocycles. The summed E-state index contributed by atoms with van der Waals surface area (Å²) < 4.78 is 5.20. The number of nitrogens with one attached hydrogen (secondary N) is 2. The van der Waals surface area contributed by atoms with Crippen molar-refractivity contribution < 1.29 is 9.53 Å². The molecule has 0 bridgehead atoms. The van der Waals surface area contributed by atoms with Gasteiger partial charge in [-0.3, -0.25) is 4.79 Å². The second-order valence-corrected chi connectivity index (χ2v) is 4.98. The Hall–Kier alpha value is -1.26. The number of benzene rings is 1. The second kappa shape index (κ2) is 11.4. The molecular formula is C16H27ClN2O2. The molecule has 1 aromatic rings. The zero-order valence-corrected chi connectivity index (χ0v) is 14.0. The van der Waals surface area contributed by atoms with Gasteiger partial charge in [-0.25, -0.2) is 0 Å². The van der Waals surface area contributed by atoms with E-state index in [1.807, 2.05) is 24.3 Å². The predicted octanol–water partition coefficient (Wildman–Crippen LogP) is 2.73. The van der Waals surface area contributed by atoms with E-state index in [1.165, 1.54) is 0 Å². The quantitative estimate of drug-likeness (QED) is 0.689. The maximum Gasteiger partial charge on any atom is 0.220 e. The van der Waals surface area contributed by atoms with Gasteiger partial charge in [-0.05, 0) is 36.6 Å². The molecule has 4 nitrogen and oxygen atoms in total. The van der Waals surface area contributed by atoms with Crippen LogP contribution in [0.5, 0.6) is 5.75 Å². The summed E-state index contributed by atoms with van der Waals surface area (Å²) in [6.07, 6.45) is 1.61. The minimum atomic E-state index is 0. The lowest BCUT2D eigenvalue weighted by Gasteiger charge is -2.13. The molecule has 0 aliphatic rings. The van der Waals surface area contributed by atoms with Gasteiger partial charge in [0.15, 0.2) is 0 Å². The number of carbonyl (C=O) groups excluding carboxylic acids is 1. The van der Waals surface area contributed by atoms with Crippen LogP contribution in [-0.4, -0.2) is 32.7 Å². The van der Waals surface area contributed by atoms with Gasteiger partial charge in [0, 0.05) is 19.5 Å². The Morgan fingerprint density at radius 1 is 1.29 bits per heavy atom. The van der Waals surface area contributed by atoms with Crippen molar-refractivity contribution in [1.29, 1.82) is 0 Å². The first-order valence-corrected chi connectivity index (χ1v) is 7.28. The summed E-state index contributed by atoms with van der Waals surface area (Å²) in [7, 11) is 1.65. The van der Waals surface area contributed by atoms with Crippen molar-refractivity contribution >= 4 is 18.3 Å². The lowest BCUT2D eigenvalue weighted by molar-refractivity contribution is -0.121. The van der Waals surface area contributed by atoms with E-state index in [2.05, 4.69) is 24.5 Å². The van der Waals surface area contributed by atoms with Crippen molar-refractivity contribution in [2.45, 2.75) is 32.6 Å². The summed E-state index contributed by atoms with van der Waals surface area (Å²) in [5, 5.41) is 6.20. The topological polar surface area (TPSA) is 50.4 Å². The lowest BCUT2D eigenvalue weighted by atomic mass is 9.97. The normalized spacial score (nSPS) is 11.4. The van der Waals surface area contributed by atoms with Crippen LogP contribution in [0.25, 0.3) is 0 Å². The Morgan fingerprint density at radius 2 is 2.05 bits per heavy atom. The van der Waals surface area contributed by atoms with E-state index < -0.39 is 0 Å². The number of rotatable bonds is 9. The zero-order valence-electron chi connectivity index (χ0n) is 13.1. The molecular weight excluding hydrogens is 288 g/mol. The minimum absolute atomic E-state index is 0. The third-order valence-corrected chi connectivity index (χ3v) is 3.21. The van der Waals surface area contributed by atoms with E-state index >= 15 is 0 Å². The molecule has 5 heteroatoms. The van der Waals surface area contributed by atoms with Crippen molar-refractivity contribution in [2.75, 3.05) is 26.7 Å². The fourth-order valence-electron chi connectivity index (χ4n) is 2.01. The highest BCUT2D eigenvalue weighted by Gasteiger charge is 2.11. The molecule has 2 N–H and O–H groups in total. The zero-order chi connectivity index (χ0) is 14.8. The summed E-state index contributed by atoms with van der Waals surface area (Å²) >= 11 is 0. The number of carbonyl (C=O) groups is 1. The summed E-state index contributed by atoms with van der Waals surface area (Å²) in [6, 6.07) is 7.89. The molecule has 120 valence electrons. The van der Waals surface area contributed by atoms with Crippen LogP contribution in [0.2, 0.25) is 0 Å². The fourth-order valence-corrected chi connectivity index (χ4v) is 2.01. The van der Waals surface area contributed by atoms with Crippen LogP contribution < -0.4 is 15.4 Å². The second-order valence-electron chi connectivity index (χ2n) is 4.98. The maximum atomic E-state index is 11.8. The van der Waals surface area contributed by atoms with Crippen molar-refractivity contribution in [3.63, 3.8) is 0 Å². The number of ether oxygens (including phenoxy) is 1. The van der Waals surface area contributed by atoms with Gasteiger partial charge in [0.05, 0.1) is 7.11 Å². The van der Waals surface area contributed by atoms with Crippen molar-refractivity contribution in [3.8, 4) is 5.75 Å². The summed E-state index contributed by atoms with van der Waals surface area (Å²) in [6.45, 7) is 6.69. The molecule has 0 radical (unpaired) electrons. The monoisotopic (exact) mass is 314 g/mol. The number of hydrogen-bond acceptors (Lipinski definition) is 3. The minimum Gasteiger partial charge on any atom is -0.497 e. The molecule has 0 fully saturated rings. The predicted molar refractivity (Wildman–Crippen MR) is 89.4 cm³/mol. The average molecular weight is 315 g/mol. The van der Waals surface area contributed by atoms with E-state index in [4.69, 9.17) is 4.74 Å². The van der Waals surface area contributed by atoms with E-state index in [1.54, 1.807) is 7.11 Å². The van der Waals surface area contributed by atoms with Gasteiger partial charge in [0.1, 0.15) is 5.75 Å². The van der Waals surface area contributed by atoms with Crippen LogP contribution >= 0.6 is 12.4 Å². The van der Waals surface area contributed by atoms with E-state index in [-0.39, 0.29) is 24.2 Å². The Labute approximate surface area is 134 Å². The van der Waals surface area contributed by atoms with Crippen LogP contribution in [0.1, 0.15) is 38.2 Å². The van der Waals surface area contributed by atoms with E-state index in [0.717, 1.165) is 30.8 Å². The first-order chi connectivity index (χ1) is 9.67. The molecule has 1 rings (SSSR count). The summed E-state index contributed by atoms with van der Waals surface area (Å²) in [5.74, 6) is 1.12. The van der Waals surface area contributed by atoms with Gasteiger partial charge in [0.2, 0.25) is 5.91 Å². The van der Waals surface area contributed by atoms with Crippen LogP contribution in [0.4, 0.5) is 0 Å². The standard InChI is InChI=1S/C16H26N2O2.ClH/c1-4-8-17-9-10-18-16(19)11-13(2)14-6-5-7-15(12-14)20-3;/h5-7,12-13,17H,4,8-11H2,1-3H3,(H,18,19);1H. The van der Waals surface area contributed by atoms with Gasteiger partial charge in [-0.15, -0.1) is 12.4 Å². The first kappa shape index (κ1) is 19.7. The molecule has 0 saturated carbocycles. The van der Waals surface area contributed by atoms with Crippen LogP contribution in [0.3, 0.4) is 0 Å². The number of methoxy groups -OCH3 is 1. The molecule has 21 heavy (non-hydrogen) atoms. The molecule has 0 heterocycles. The molecule has 1 amide bonds. The highest BCUT2D eigenvalue weighted by molar-refractivity contribution is 5.85. The fraction of sp³-hybridized carbons (Fsp3) is 0.562. The van der Waals surface area contributed by atoms with Gasteiger partial charge in [-0.2, -0.15) is 0 Å². The molecule has 1 aromatic carbocycles. The molecule has 0 aliphatic carbocycles. The van der Waals surface area contributed by atoms with Crippen LogP contribution in [-0.2, 0) is 4.79 Å². The number of amides is 1. The largest absolute Gasteiger partial charge is 0.497 e. The Bertz CT molecular complexity index is 413. The number of hydrogen-bond donors (Lipinski definition) is 2. The Balaban J connectivity index is 0.00000400. The van der Waals surface area contributed by atoms with Crippen LogP contribution in [0.15, 0.2) is 24.3 Å². The highest BCUT2D eigenvalue weighted by atomic mass is 35.5. The lowest BCUT2D eigenvalue weighted by Crippen LogP contribution is -2.32. The molecule has 0 saturated heterocycles. The van der Waals surface area contributed by atoms with Crippen molar-refractivity contribution in [2.24, 2.45) is 0 Å². The summed E-state index contributed by atoms with van der Waals surface area (Å²) in [4.78, 5) is 11.8. The molecule has 0 aromatic heterocycles. The molecule has 1 unspecified atom stereocenters. The Kier molecular flexibility index (Phi) is 10.7. The third-order valence-electron chi connectivity index (χ3n) is 3.21. The average Bonchev–Trinajstić information content (AvgIpc) is 2.47. The van der Waals surface area contributed by atoms with Crippen molar-refractivity contribution in [3.05, 3.63) is 29.8 Å². The molecule has 0 spiro atoms. The third kappa shape index (κ3) is 7.93. The molecule has 1 atom stereocenters.